The van der Waals surface area contributed by atoms with Crippen LogP contribution in [0.25, 0.3) is 54.7 Å². The van der Waals surface area contributed by atoms with Crippen LogP contribution in [0.1, 0.15) is 96.4 Å². The van der Waals surface area contributed by atoms with Crippen LogP contribution in [-0.2, 0) is 23.8 Å². The van der Waals surface area contributed by atoms with Crippen molar-refractivity contribution in [3.8, 4) is 11.1 Å². The second-order valence-corrected chi connectivity index (χ2v) is 19.2. The van der Waals surface area contributed by atoms with E-state index in [1.807, 2.05) is 49.6 Å². The normalized spacial score (nSPS) is 20.0. The van der Waals surface area contributed by atoms with Crippen LogP contribution in [0, 0.1) is 23.7 Å². The minimum Gasteiger partial charge on any atom is -0.453 e. The van der Waals surface area contributed by atoms with Crippen molar-refractivity contribution >= 4 is 67.6 Å². The van der Waals surface area contributed by atoms with Gasteiger partial charge in [0, 0.05) is 36.4 Å². The smallest absolute Gasteiger partial charge is 0.407 e. The van der Waals surface area contributed by atoms with Crippen molar-refractivity contribution in [1.82, 2.24) is 40.4 Å². The topological polar surface area (TPSA) is 184 Å². The minimum atomic E-state index is -0.748. The number of rotatable bonds is 13. The van der Waals surface area contributed by atoms with Gasteiger partial charge in [-0.1, -0.05) is 76.9 Å². The molecule has 0 spiro atoms. The summed E-state index contributed by atoms with van der Waals surface area (Å²) in [5.41, 5.74) is 5.62. The van der Waals surface area contributed by atoms with E-state index in [2.05, 4.69) is 69.1 Å². The lowest BCUT2D eigenvalue weighted by molar-refractivity contribution is -0.136. The van der Waals surface area contributed by atoms with Gasteiger partial charge >= 0.3 is 12.2 Å². The van der Waals surface area contributed by atoms with Gasteiger partial charge in [-0.2, -0.15) is 0 Å². The van der Waals surface area contributed by atoms with E-state index in [9.17, 15) is 19.2 Å². The molecule has 66 heavy (non-hydrogen) atoms. The number of hydrogen-bond donors (Lipinski definition) is 4. The highest BCUT2D eigenvalue weighted by Crippen LogP contribution is 2.39. The quantitative estimate of drug-likeness (QED) is 0.0879. The van der Waals surface area contributed by atoms with Crippen LogP contribution >= 0.6 is 0 Å². The molecule has 2 aromatic heterocycles. The maximum Gasteiger partial charge on any atom is 0.407 e. The number of amides is 4. The van der Waals surface area contributed by atoms with Crippen molar-refractivity contribution in [1.29, 1.82) is 0 Å². The van der Waals surface area contributed by atoms with Gasteiger partial charge in [-0.25, -0.2) is 19.6 Å². The Balaban J connectivity index is 0.968. The number of ether oxygens (including phenoxy) is 3. The summed E-state index contributed by atoms with van der Waals surface area (Å²) in [4.78, 5) is 73.5. The van der Waals surface area contributed by atoms with Crippen LogP contribution in [0.2, 0.25) is 0 Å². The van der Waals surface area contributed by atoms with Crippen molar-refractivity contribution in [3.63, 3.8) is 0 Å². The van der Waals surface area contributed by atoms with E-state index in [1.54, 1.807) is 0 Å². The van der Waals surface area contributed by atoms with Crippen LogP contribution in [-0.4, -0.2) is 106 Å². The molecule has 4 aromatic carbocycles. The Labute approximate surface area is 384 Å². The predicted molar refractivity (Wildman–Crippen MR) is 254 cm³/mol. The Hall–Kier alpha value is -6.22. The number of alkyl carbamates (subject to hydrolysis) is 2. The Morgan fingerprint density at radius 3 is 1.70 bits per heavy atom. The van der Waals surface area contributed by atoms with E-state index in [-0.39, 0.29) is 41.7 Å². The van der Waals surface area contributed by atoms with E-state index >= 15 is 0 Å². The first-order valence-electron chi connectivity index (χ1n) is 23.6. The minimum absolute atomic E-state index is 0.118. The number of aromatic nitrogens is 4. The number of nitrogens with zero attached hydrogens (tertiary/aromatic N) is 4. The standard InChI is InChI=1S/C51H62N8O7/c1-28(2)42(56-50(62)64-5)48(60)58-21-9-12-40(58)46-52-38-19-15-34-23-32(13-17-36(34)44(38)54-46)33-14-18-37-35(24-33)16-20-39-45(37)55-47(53-39)41-22-31(27-66-26-30-10-7-8-11-30)25-59(41)49(61)43(29(3)4)57-51(63)65-6/h13-20,23-24,28-31,40-43H,7-12,21-22,25-27H2,1-6H3,(H,52,54)(H,53,55)(H,56,62)(H,57,63)/t31-,40+,41+,42+,43+/m1/s1. The lowest BCUT2D eigenvalue weighted by atomic mass is 9.98. The lowest BCUT2D eigenvalue weighted by Gasteiger charge is -2.30. The van der Waals surface area contributed by atoms with E-state index in [0.717, 1.165) is 85.8 Å². The fraction of sp³-hybridized carbons (Fsp3) is 0.490. The summed E-state index contributed by atoms with van der Waals surface area (Å²) in [6.45, 7) is 10.1. The summed E-state index contributed by atoms with van der Waals surface area (Å²) in [7, 11) is 2.60. The van der Waals surface area contributed by atoms with Crippen LogP contribution < -0.4 is 10.6 Å². The van der Waals surface area contributed by atoms with Gasteiger partial charge in [0.25, 0.3) is 0 Å². The number of hydrogen-bond acceptors (Lipinski definition) is 9. The molecule has 2 aliphatic heterocycles. The van der Waals surface area contributed by atoms with E-state index < -0.39 is 24.3 Å². The van der Waals surface area contributed by atoms with E-state index in [4.69, 9.17) is 24.2 Å². The van der Waals surface area contributed by atoms with Gasteiger partial charge in [0.05, 0.1) is 55.0 Å². The number of methoxy groups -OCH3 is 2. The Kier molecular flexibility index (Phi) is 12.9. The number of fused-ring (bicyclic) bond motifs is 6. The molecule has 4 amide bonds. The zero-order chi connectivity index (χ0) is 46.2. The molecule has 0 radical (unpaired) electrons. The summed E-state index contributed by atoms with van der Waals surface area (Å²) in [6, 6.07) is 19.2. The van der Waals surface area contributed by atoms with Crippen molar-refractivity contribution in [2.45, 2.75) is 96.8 Å². The Bertz CT molecular complexity index is 2770. The molecule has 4 N–H and O–H groups in total. The highest BCUT2D eigenvalue weighted by molar-refractivity contribution is 6.07. The molecule has 1 saturated carbocycles. The van der Waals surface area contributed by atoms with Crippen LogP contribution in [0.5, 0.6) is 0 Å². The number of H-pyrrole nitrogens is 2. The monoisotopic (exact) mass is 898 g/mol. The average molecular weight is 899 g/mol. The first-order valence-corrected chi connectivity index (χ1v) is 23.6. The van der Waals surface area contributed by atoms with Crippen molar-refractivity contribution in [3.05, 3.63) is 72.3 Å². The molecule has 3 fully saturated rings. The molecule has 348 valence electrons. The predicted octanol–water partition coefficient (Wildman–Crippen LogP) is 8.93. The van der Waals surface area contributed by atoms with Crippen molar-refractivity contribution in [2.24, 2.45) is 23.7 Å². The molecule has 15 heteroatoms. The van der Waals surface area contributed by atoms with E-state index in [0.29, 0.717) is 32.0 Å². The molecule has 15 nitrogen and oxygen atoms in total. The van der Waals surface area contributed by atoms with Gasteiger partial charge in [0.2, 0.25) is 11.8 Å². The molecule has 6 aromatic rings. The molecule has 9 rings (SSSR count). The number of benzene rings is 4. The van der Waals surface area contributed by atoms with Gasteiger partial charge < -0.3 is 44.6 Å². The van der Waals surface area contributed by atoms with Gasteiger partial charge in [0.15, 0.2) is 0 Å². The largest absolute Gasteiger partial charge is 0.453 e. The zero-order valence-corrected chi connectivity index (χ0v) is 38.8. The molecule has 2 saturated heterocycles. The maximum atomic E-state index is 14.3. The third-order valence-corrected chi connectivity index (χ3v) is 14.1. The molecular weight excluding hydrogens is 837 g/mol. The van der Waals surface area contributed by atoms with Gasteiger partial charge in [0.1, 0.15) is 23.7 Å². The van der Waals surface area contributed by atoms with Gasteiger partial charge in [-0.05, 0) is 96.0 Å². The number of imidazole rings is 2. The van der Waals surface area contributed by atoms with Crippen LogP contribution in [0.3, 0.4) is 0 Å². The summed E-state index contributed by atoms with van der Waals surface area (Å²) < 4.78 is 16.0. The van der Waals surface area contributed by atoms with Crippen LogP contribution in [0.15, 0.2) is 60.7 Å². The Morgan fingerprint density at radius 2 is 1.17 bits per heavy atom. The van der Waals surface area contributed by atoms with Crippen molar-refractivity contribution in [2.75, 3.05) is 40.5 Å². The highest BCUT2D eigenvalue weighted by atomic mass is 16.5. The fourth-order valence-corrected chi connectivity index (χ4v) is 10.5. The second kappa shape index (κ2) is 18.9. The molecule has 0 unspecified atom stereocenters. The molecular formula is C51H62N8O7. The SMILES string of the molecule is COC(=O)N[C@H](C(=O)N1CCC[C@H]1c1nc2ccc3cc(-c4ccc5c(ccc6nc([C@@H]7C[C@@H](COCC8CCCC8)CN7C(=O)[C@@H](NC(=O)OC)C(C)C)[nH]c65)c4)ccc3c2[nH]1)C(C)C. The lowest BCUT2D eigenvalue weighted by Crippen LogP contribution is -2.51. The second-order valence-electron chi connectivity index (χ2n) is 19.2. The van der Waals surface area contributed by atoms with Crippen LogP contribution in [0.4, 0.5) is 9.59 Å². The molecule has 1 aliphatic carbocycles. The third kappa shape index (κ3) is 8.89. The number of aromatic amines is 2. The highest BCUT2D eigenvalue weighted by Gasteiger charge is 2.42. The molecule has 3 aliphatic rings. The number of carbonyl (C=O) groups is 4. The van der Waals surface area contributed by atoms with E-state index in [1.165, 1.54) is 39.9 Å². The Morgan fingerprint density at radius 1 is 0.652 bits per heavy atom. The average Bonchev–Trinajstić information content (AvgIpc) is 4.18. The first-order chi connectivity index (χ1) is 31.9. The van der Waals surface area contributed by atoms with Gasteiger partial charge in [-0.15, -0.1) is 0 Å². The summed E-state index contributed by atoms with van der Waals surface area (Å²) in [5.74, 6) is 1.63. The van der Waals surface area contributed by atoms with Gasteiger partial charge in [-0.3, -0.25) is 9.59 Å². The number of carbonyl (C=O) groups excluding carboxylic acids is 4. The number of likely N-dealkylation sites (tertiary alicyclic amines) is 2. The molecule has 5 atom stereocenters. The maximum absolute atomic E-state index is 14.3. The fourth-order valence-electron chi connectivity index (χ4n) is 10.5. The zero-order valence-electron chi connectivity index (χ0n) is 38.8. The summed E-state index contributed by atoms with van der Waals surface area (Å²) in [6.07, 6.45) is 6.01. The summed E-state index contributed by atoms with van der Waals surface area (Å²) in [5, 5.41) is 9.69. The molecule has 4 heterocycles. The summed E-state index contributed by atoms with van der Waals surface area (Å²) >= 11 is 0. The molecule has 0 bridgehead atoms. The van der Waals surface area contributed by atoms with Crippen molar-refractivity contribution < 1.29 is 33.4 Å². The first kappa shape index (κ1) is 45.0. The number of nitrogens with one attached hydrogen (secondary N) is 4. The third-order valence-electron chi connectivity index (χ3n) is 14.1.